The third-order valence-electron chi connectivity index (χ3n) is 3.18. The Hall–Kier alpha value is -2.01. The van der Waals surface area contributed by atoms with Crippen LogP contribution < -0.4 is 13.8 Å². The lowest BCUT2D eigenvalue weighted by molar-refractivity contribution is 0.305. The number of rotatable bonds is 4. The van der Waals surface area contributed by atoms with Crippen LogP contribution in [0.4, 0.5) is 10.1 Å². The van der Waals surface area contributed by atoms with Crippen molar-refractivity contribution in [1.82, 2.24) is 4.72 Å². The van der Waals surface area contributed by atoms with Crippen molar-refractivity contribution in [3.63, 3.8) is 0 Å². The van der Waals surface area contributed by atoms with Crippen molar-refractivity contribution in [2.24, 2.45) is 0 Å². The molecule has 24 heavy (non-hydrogen) atoms. The lowest BCUT2D eigenvalue weighted by Gasteiger charge is -2.19. The highest BCUT2D eigenvalue weighted by molar-refractivity contribution is 14.1. The minimum atomic E-state index is -4.11. The normalized spacial score (nSPS) is 15.8. The molecule has 9 heteroatoms. The number of aliphatic hydroxyl groups is 1. The van der Waals surface area contributed by atoms with Gasteiger partial charge in [-0.05, 0) is 40.3 Å². The van der Waals surface area contributed by atoms with Crippen LogP contribution in [0, 0.1) is 9.39 Å². The van der Waals surface area contributed by atoms with Gasteiger partial charge in [-0.15, -0.1) is 0 Å². The maximum Gasteiger partial charge on any atom is 0.330 e. The van der Waals surface area contributed by atoms with Crippen LogP contribution in [0.2, 0.25) is 0 Å². The van der Waals surface area contributed by atoms with E-state index in [2.05, 4.69) is 0 Å². The SMILES string of the molecule is O=S1(=O)NC(O)=CN1c1c(F)cc(I)cc1OCc1ccccc1. The Balaban J connectivity index is 2.00. The number of ether oxygens (including phenoxy) is 1. The number of hydrogen-bond acceptors (Lipinski definition) is 4. The van der Waals surface area contributed by atoms with Gasteiger partial charge >= 0.3 is 10.2 Å². The van der Waals surface area contributed by atoms with Crippen LogP contribution in [0.15, 0.2) is 54.5 Å². The summed E-state index contributed by atoms with van der Waals surface area (Å²) in [6.07, 6.45) is 0.885. The molecule has 2 N–H and O–H groups in total. The van der Waals surface area contributed by atoms with Gasteiger partial charge in [-0.25, -0.2) is 13.4 Å². The van der Waals surface area contributed by atoms with Gasteiger partial charge in [0.25, 0.3) is 0 Å². The molecule has 0 saturated carbocycles. The molecule has 0 bridgehead atoms. The fourth-order valence-corrected chi connectivity index (χ4v) is 3.80. The molecule has 2 aromatic rings. The monoisotopic (exact) mass is 462 g/mol. The summed E-state index contributed by atoms with van der Waals surface area (Å²) in [5.41, 5.74) is 0.561. The Morgan fingerprint density at radius 3 is 2.58 bits per heavy atom. The number of aliphatic hydroxyl groups excluding tert-OH is 1. The van der Waals surface area contributed by atoms with Crippen LogP contribution in [-0.2, 0) is 16.8 Å². The van der Waals surface area contributed by atoms with E-state index in [1.54, 1.807) is 0 Å². The van der Waals surface area contributed by atoms with Gasteiger partial charge in [0.15, 0.2) is 5.82 Å². The molecule has 0 aromatic heterocycles. The van der Waals surface area contributed by atoms with Crippen LogP contribution in [0.3, 0.4) is 0 Å². The van der Waals surface area contributed by atoms with Crippen LogP contribution >= 0.6 is 22.6 Å². The smallest absolute Gasteiger partial charge is 0.330 e. The fraction of sp³-hybridized carbons (Fsp3) is 0.0667. The van der Waals surface area contributed by atoms with Gasteiger partial charge in [0.05, 0.1) is 6.20 Å². The molecule has 0 amide bonds. The first kappa shape index (κ1) is 16.8. The van der Waals surface area contributed by atoms with E-state index in [9.17, 15) is 17.9 Å². The van der Waals surface area contributed by atoms with Gasteiger partial charge < -0.3 is 9.84 Å². The number of nitrogens with zero attached hydrogens (tertiary/aromatic N) is 1. The molecule has 6 nitrogen and oxygen atoms in total. The molecule has 0 unspecified atom stereocenters. The summed E-state index contributed by atoms with van der Waals surface area (Å²) in [4.78, 5) is 0. The molecule has 1 aliphatic rings. The highest BCUT2D eigenvalue weighted by Crippen LogP contribution is 2.37. The maximum absolute atomic E-state index is 14.4. The van der Waals surface area contributed by atoms with Crippen LogP contribution in [0.1, 0.15) is 5.56 Å². The molecule has 0 spiro atoms. The molecular weight excluding hydrogens is 450 g/mol. The van der Waals surface area contributed by atoms with Crippen molar-refractivity contribution >= 4 is 38.5 Å². The standard InChI is InChI=1S/C15H12FIN2O4S/c16-12-6-11(17)7-13(23-9-10-4-2-1-3-5-10)15(12)19-8-14(20)18-24(19,21)22/h1-8,18,20H,9H2. The van der Waals surface area contributed by atoms with Gasteiger partial charge in [0.2, 0.25) is 5.88 Å². The van der Waals surface area contributed by atoms with Gasteiger partial charge in [-0.1, -0.05) is 30.3 Å². The molecule has 0 atom stereocenters. The van der Waals surface area contributed by atoms with Gasteiger partial charge in [0.1, 0.15) is 18.0 Å². The van der Waals surface area contributed by atoms with Crippen molar-refractivity contribution in [3.8, 4) is 5.75 Å². The lowest BCUT2D eigenvalue weighted by Crippen LogP contribution is -2.30. The molecule has 1 heterocycles. The zero-order valence-corrected chi connectivity index (χ0v) is 15.1. The Bertz CT molecular complexity index is 903. The minimum absolute atomic E-state index is 0.0552. The van der Waals surface area contributed by atoms with Crippen LogP contribution in [0.25, 0.3) is 0 Å². The number of nitrogens with one attached hydrogen (secondary N) is 1. The van der Waals surface area contributed by atoms with E-state index >= 15 is 0 Å². The summed E-state index contributed by atoms with van der Waals surface area (Å²) >= 11 is 1.91. The van der Waals surface area contributed by atoms with E-state index in [1.807, 2.05) is 57.6 Å². The highest BCUT2D eigenvalue weighted by Gasteiger charge is 2.33. The molecule has 0 saturated heterocycles. The van der Waals surface area contributed by atoms with Crippen molar-refractivity contribution in [1.29, 1.82) is 0 Å². The second-order valence-corrected chi connectivity index (χ2v) is 7.72. The van der Waals surface area contributed by atoms with Crippen molar-refractivity contribution in [2.45, 2.75) is 6.61 Å². The highest BCUT2D eigenvalue weighted by atomic mass is 127. The molecule has 126 valence electrons. The maximum atomic E-state index is 14.4. The van der Waals surface area contributed by atoms with E-state index in [0.717, 1.165) is 11.8 Å². The van der Waals surface area contributed by atoms with E-state index in [4.69, 9.17) is 4.74 Å². The summed E-state index contributed by atoms with van der Waals surface area (Å²) in [6.45, 7) is 0.143. The number of hydrogen-bond donors (Lipinski definition) is 2. The van der Waals surface area contributed by atoms with E-state index in [1.165, 1.54) is 12.1 Å². The summed E-state index contributed by atoms with van der Waals surface area (Å²) in [5, 5.41) is 9.41. The predicted octanol–water partition coefficient (Wildman–Crippen LogP) is 3.02. The zero-order valence-electron chi connectivity index (χ0n) is 12.1. The molecule has 3 rings (SSSR count). The molecule has 0 aliphatic carbocycles. The van der Waals surface area contributed by atoms with Crippen LogP contribution in [-0.4, -0.2) is 13.5 Å². The average Bonchev–Trinajstić information content (AvgIpc) is 2.78. The molecule has 2 aromatic carbocycles. The van der Waals surface area contributed by atoms with Crippen molar-refractivity contribution in [3.05, 3.63) is 69.5 Å². The van der Waals surface area contributed by atoms with Crippen molar-refractivity contribution in [2.75, 3.05) is 4.31 Å². The first-order valence-corrected chi connectivity index (χ1v) is 9.27. The Morgan fingerprint density at radius 1 is 1.25 bits per heavy atom. The topological polar surface area (TPSA) is 78.9 Å². The Morgan fingerprint density at radius 2 is 1.96 bits per heavy atom. The quantitative estimate of drug-likeness (QED) is 0.686. The van der Waals surface area contributed by atoms with Gasteiger partial charge in [-0.3, -0.25) is 0 Å². The second-order valence-electron chi connectivity index (χ2n) is 4.93. The number of benzene rings is 2. The molecule has 1 aliphatic heterocycles. The summed E-state index contributed by atoms with van der Waals surface area (Å²) in [6, 6.07) is 11.9. The largest absolute Gasteiger partial charge is 0.493 e. The van der Waals surface area contributed by atoms with Crippen molar-refractivity contribution < 1.29 is 22.7 Å². The average molecular weight is 462 g/mol. The van der Waals surface area contributed by atoms with E-state index < -0.39 is 21.9 Å². The number of halogens is 2. The number of anilines is 1. The molecule has 0 radical (unpaired) electrons. The zero-order chi connectivity index (χ0) is 17.3. The minimum Gasteiger partial charge on any atom is -0.493 e. The first-order chi connectivity index (χ1) is 11.4. The summed E-state index contributed by atoms with van der Waals surface area (Å²) in [5.74, 6) is -1.32. The third-order valence-corrected chi connectivity index (χ3v) is 5.08. The third kappa shape index (κ3) is 3.41. The first-order valence-electron chi connectivity index (χ1n) is 6.75. The summed E-state index contributed by atoms with van der Waals surface area (Å²) in [7, 11) is -4.11. The van der Waals surface area contributed by atoms with Gasteiger partial charge in [0, 0.05) is 3.57 Å². The molecular formula is C15H12FIN2O4S. The molecule has 0 fully saturated rings. The lowest BCUT2D eigenvalue weighted by atomic mass is 10.2. The fourth-order valence-electron chi connectivity index (χ4n) is 2.17. The van der Waals surface area contributed by atoms with Crippen LogP contribution in [0.5, 0.6) is 5.75 Å². The Kier molecular flexibility index (Phi) is 4.54. The van der Waals surface area contributed by atoms with E-state index in [-0.39, 0.29) is 18.0 Å². The second kappa shape index (κ2) is 6.48. The van der Waals surface area contributed by atoms with Gasteiger partial charge in [-0.2, -0.15) is 8.42 Å². The summed E-state index contributed by atoms with van der Waals surface area (Å²) < 4.78 is 47.1. The van der Waals surface area contributed by atoms with E-state index in [0.29, 0.717) is 7.88 Å². The Labute approximate surface area is 151 Å². The predicted molar refractivity (Wildman–Crippen MR) is 95.1 cm³/mol.